The zero-order valence-corrected chi connectivity index (χ0v) is 22.1. The van der Waals surface area contributed by atoms with Crippen molar-refractivity contribution >= 4 is 27.2 Å². The lowest BCUT2D eigenvalue weighted by Crippen LogP contribution is -1.98. The van der Waals surface area contributed by atoms with Gasteiger partial charge in [-0.3, -0.25) is 0 Å². The maximum absolute atomic E-state index is 6.27. The molecular weight excluding hydrogens is 506 g/mol. The van der Waals surface area contributed by atoms with Crippen molar-refractivity contribution in [3.63, 3.8) is 0 Å². The fourth-order valence-corrected chi connectivity index (χ4v) is 5.52. The van der Waals surface area contributed by atoms with Gasteiger partial charge in [0.1, 0.15) is 22.2 Å². The summed E-state index contributed by atoms with van der Waals surface area (Å²) in [4.78, 5) is 5.67. The number of rotatable bonds is 6. The Morgan fingerprint density at radius 3 is 2.49 bits per heavy atom. The fourth-order valence-electron chi connectivity index (χ4n) is 4.63. The third-order valence-corrected chi connectivity index (χ3v) is 7.65. The Bertz CT molecular complexity index is 1930. The van der Waals surface area contributed by atoms with Gasteiger partial charge in [-0.15, -0.1) is 10.2 Å². The van der Waals surface area contributed by atoms with Crippen LogP contribution in [0.25, 0.3) is 49.2 Å². The minimum Gasteiger partial charge on any atom is -0.497 e. The molecule has 0 radical (unpaired) electrons. The van der Waals surface area contributed by atoms with Gasteiger partial charge in [0.05, 0.1) is 12.6 Å². The molecule has 0 bridgehead atoms. The molecule has 0 aliphatic heterocycles. The second-order valence-electron chi connectivity index (χ2n) is 9.34. The van der Waals surface area contributed by atoms with E-state index in [2.05, 4.69) is 53.5 Å². The van der Waals surface area contributed by atoms with Crippen LogP contribution in [0.1, 0.15) is 17.0 Å². The average molecular weight is 530 g/mol. The molecule has 0 spiro atoms. The molecule has 39 heavy (non-hydrogen) atoms. The van der Waals surface area contributed by atoms with E-state index >= 15 is 0 Å². The minimum absolute atomic E-state index is 0.616. The molecule has 0 amide bonds. The molecule has 7 aromatic rings. The van der Waals surface area contributed by atoms with Gasteiger partial charge in [0.15, 0.2) is 11.6 Å². The van der Waals surface area contributed by atoms with Crippen molar-refractivity contribution in [2.45, 2.75) is 13.3 Å². The van der Waals surface area contributed by atoms with E-state index in [4.69, 9.17) is 19.2 Å². The smallest absolute Gasteiger partial charge is 0.234 e. The van der Waals surface area contributed by atoms with Crippen LogP contribution >= 0.6 is 11.3 Å². The van der Waals surface area contributed by atoms with Gasteiger partial charge < -0.3 is 9.15 Å². The number of fused-ring (bicyclic) bond motifs is 2. The van der Waals surface area contributed by atoms with Gasteiger partial charge in [0.2, 0.25) is 4.96 Å². The largest absolute Gasteiger partial charge is 0.497 e. The Labute approximate surface area is 228 Å². The van der Waals surface area contributed by atoms with Crippen LogP contribution < -0.4 is 4.74 Å². The highest BCUT2D eigenvalue weighted by Gasteiger charge is 2.18. The molecule has 4 aromatic heterocycles. The van der Waals surface area contributed by atoms with Crippen LogP contribution in [0.5, 0.6) is 5.75 Å². The van der Waals surface area contributed by atoms with E-state index < -0.39 is 0 Å². The molecule has 190 valence electrons. The lowest BCUT2D eigenvalue weighted by Gasteiger charge is -2.06. The highest BCUT2D eigenvalue weighted by atomic mass is 32.1. The van der Waals surface area contributed by atoms with Crippen LogP contribution in [0, 0.1) is 6.92 Å². The van der Waals surface area contributed by atoms with E-state index in [1.165, 1.54) is 16.9 Å². The number of aryl methyl sites for hydroxylation is 1. The van der Waals surface area contributed by atoms with Crippen molar-refractivity contribution in [1.29, 1.82) is 0 Å². The van der Waals surface area contributed by atoms with Gasteiger partial charge >= 0.3 is 0 Å². The predicted octanol–water partition coefficient (Wildman–Crippen LogP) is 7.24. The number of furan rings is 1. The maximum Gasteiger partial charge on any atom is 0.234 e. The summed E-state index contributed by atoms with van der Waals surface area (Å²) in [5.41, 5.74) is 5.97. The van der Waals surface area contributed by atoms with E-state index in [0.717, 1.165) is 60.6 Å². The van der Waals surface area contributed by atoms with Gasteiger partial charge in [-0.25, -0.2) is 4.98 Å². The first-order valence-corrected chi connectivity index (χ1v) is 13.4. The first-order chi connectivity index (χ1) is 19.1. The van der Waals surface area contributed by atoms with Crippen molar-refractivity contribution in [3.05, 3.63) is 108 Å². The number of methoxy groups -OCH3 is 1. The van der Waals surface area contributed by atoms with Gasteiger partial charge in [-0.1, -0.05) is 71.5 Å². The minimum atomic E-state index is 0.616. The highest BCUT2D eigenvalue weighted by molar-refractivity contribution is 7.19. The molecule has 8 heteroatoms. The third-order valence-electron chi connectivity index (χ3n) is 6.72. The summed E-state index contributed by atoms with van der Waals surface area (Å²) in [7, 11) is 1.66. The molecule has 7 rings (SSSR count). The molecule has 0 aliphatic carbocycles. The SMILES string of the molecule is COc1ccc(Cc2nnc3sc(-c4cc(-c5ccc(-c6ccc(C)cc6)o5)nc5ccccc45)nn23)cc1. The normalized spacial score (nSPS) is 11.4. The van der Waals surface area contributed by atoms with Crippen molar-refractivity contribution in [2.75, 3.05) is 7.11 Å². The summed E-state index contributed by atoms with van der Waals surface area (Å²) < 4.78 is 13.4. The number of aromatic nitrogens is 5. The second-order valence-corrected chi connectivity index (χ2v) is 10.3. The molecule has 0 unspecified atom stereocenters. The van der Waals surface area contributed by atoms with Gasteiger partial charge in [-0.05, 0) is 48.9 Å². The van der Waals surface area contributed by atoms with Crippen LogP contribution in [0.15, 0.2) is 95.4 Å². The lowest BCUT2D eigenvalue weighted by molar-refractivity contribution is 0.414. The zero-order chi connectivity index (χ0) is 26.3. The van der Waals surface area contributed by atoms with Crippen LogP contribution in [-0.2, 0) is 6.42 Å². The summed E-state index contributed by atoms with van der Waals surface area (Å²) in [6, 6.07) is 30.4. The standard InChI is InChI=1S/C31H23N5O2S/c1-19-7-11-21(12-8-19)27-15-16-28(38-27)26-18-24(23-5-3-4-6-25(23)32-26)30-35-36-29(33-34-31(36)39-30)17-20-9-13-22(37-2)14-10-20/h3-16,18H,17H2,1-2H3. The van der Waals surface area contributed by atoms with Crippen molar-refractivity contribution in [1.82, 2.24) is 24.8 Å². The summed E-state index contributed by atoms with van der Waals surface area (Å²) in [5, 5.41) is 15.6. The summed E-state index contributed by atoms with van der Waals surface area (Å²) in [6.07, 6.45) is 0.616. The van der Waals surface area contributed by atoms with Gasteiger partial charge in [0, 0.05) is 22.9 Å². The topological polar surface area (TPSA) is 78.3 Å². The quantitative estimate of drug-likeness (QED) is 0.226. The predicted molar refractivity (Wildman–Crippen MR) is 153 cm³/mol. The Kier molecular flexibility index (Phi) is 5.67. The van der Waals surface area contributed by atoms with Gasteiger partial charge in [0.25, 0.3) is 0 Å². The van der Waals surface area contributed by atoms with E-state index in [1.54, 1.807) is 7.11 Å². The Balaban J connectivity index is 1.28. The summed E-state index contributed by atoms with van der Waals surface area (Å²) in [6.45, 7) is 2.08. The molecular formula is C31H23N5O2S. The molecule has 4 heterocycles. The Morgan fingerprint density at radius 1 is 0.872 bits per heavy atom. The van der Waals surface area contributed by atoms with E-state index in [9.17, 15) is 0 Å². The molecule has 3 aromatic carbocycles. The zero-order valence-electron chi connectivity index (χ0n) is 21.3. The summed E-state index contributed by atoms with van der Waals surface area (Å²) >= 11 is 1.51. The second kappa shape index (κ2) is 9.49. The number of para-hydroxylation sites is 1. The first kappa shape index (κ1) is 23.3. The molecule has 0 saturated heterocycles. The van der Waals surface area contributed by atoms with Crippen LogP contribution in [0.3, 0.4) is 0 Å². The number of nitrogens with zero attached hydrogens (tertiary/aromatic N) is 5. The van der Waals surface area contributed by atoms with Crippen LogP contribution in [0.4, 0.5) is 0 Å². The highest BCUT2D eigenvalue weighted by Crippen LogP contribution is 2.36. The van der Waals surface area contributed by atoms with E-state index in [0.29, 0.717) is 12.2 Å². The van der Waals surface area contributed by atoms with Crippen molar-refractivity contribution in [2.24, 2.45) is 0 Å². The molecule has 7 nitrogen and oxygen atoms in total. The van der Waals surface area contributed by atoms with Crippen LogP contribution in [0.2, 0.25) is 0 Å². The Morgan fingerprint density at radius 2 is 1.67 bits per heavy atom. The third kappa shape index (κ3) is 4.34. The number of hydrogen-bond donors (Lipinski definition) is 0. The number of hydrogen-bond acceptors (Lipinski definition) is 7. The van der Waals surface area contributed by atoms with E-state index in [-0.39, 0.29) is 0 Å². The molecule has 0 fully saturated rings. The molecule has 0 atom stereocenters. The monoisotopic (exact) mass is 529 g/mol. The van der Waals surface area contributed by atoms with E-state index in [1.807, 2.05) is 59.1 Å². The lowest BCUT2D eigenvalue weighted by atomic mass is 10.1. The number of pyridine rings is 1. The van der Waals surface area contributed by atoms with Crippen molar-refractivity contribution in [3.8, 4) is 39.1 Å². The molecule has 0 saturated carbocycles. The number of ether oxygens (including phenoxy) is 1. The maximum atomic E-state index is 6.27. The average Bonchev–Trinajstić information content (AvgIpc) is 3.71. The Hall–Kier alpha value is -4.82. The fraction of sp³-hybridized carbons (Fsp3) is 0.0968. The van der Waals surface area contributed by atoms with Crippen LogP contribution in [-0.4, -0.2) is 31.9 Å². The first-order valence-electron chi connectivity index (χ1n) is 12.6. The number of benzene rings is 3. The molecule has 0 aliphatic rings. The molecule has 0 N–H and O–H groups in total. The van der Waals surface area contributed by atoms with Crippen molar-refractivity contribution < 1.29 is 9.15 Å². The van der Waals surface area contributed by atoms with Gasteiger partial charge in [-0.2, -0.15) is 9.61 Å². The summed E-state index contributed by atoms with van der Waals surface area (Å²) in [5.74, 6) is 3.12.